The van der Waals surface area contributed by atoms with Gasteiger partial charge in [-0.25, -0.2) is 27.5 Å². The number of anilines is 1. The number of aromatic nitrogens is 4. The number of likely N-dealkylation sites (tertiary alicyclic amines) is 1. The largest absolute Gasteiger partial charge is 0.401 e. The third kappa shape index (κ3) is 8.02. The first-order chi connectivity index (χ1) is 25.6. The molecule has 0 bridgehead atoms. The van der Waals surface area contributed by atoms with E-state index in [1.807, 2.05) is 0 Å². The summed E-state index contributed by atoms with van der Waals surface area (Å²) in [5.74, 6) is 5.59. The van der Waals surface area contributed by atoms with Crippen molar-refractivity contribution in [2.75, 3.05) is 37.6 Å². The molecule has 1 N–H and O–H groups in total. The summed E-state index contributed by atoms with van der Waals surface area (Å²) in [4.78, 5) is 42.9. The molecule has 5 aromatic rings. The minimum absolute atomic E-state index is 0.0000795. The van der Waals surface area contributed by atoms with Gasteiger partial charge >= 0.3 is 6.18 Å². The lowest BCUT2D eigenvalue weighted by Gasteiger charge is -2.37. The zero-order valence-electron chi connectivity index (χ0n) is 28.5. The summed E-state index contributed by atoms with van der Waals surface area (Å²) in [7, 11) is -2.76. The molecule has 5 heterocycles. The van der Waals surface area contributed by atoms with Gasteiger partial charge in [0.25, 0.3) is 21.5 Å². The third-order valence-electron chi connectivity index (χ3n) is 8.95. The predicted molar refractivity (Wildman–Crippen MR) is 196 cm³/mol. The normalized spacial score (nSPS) is 14.1. The van der Waals surface area contributed by atoms with Crippen LogP contribution in [0.1, 0.15) is 40.2 Å². The van der Waals surface area contributed by atoms with Crippen molar-refractivity contribution in [3.05, 3.63) is 79.9 Å². The Balaban J connectivity index is 1.31. The Morgan fingerprint density at radius 3 is 2.61 bits per heavy atom. The van der Waals surface area contributed by atoms with Crippen molar-refractivity contribution in [1.29, 1.82) is 5.26 Å². The number of alkyl halides is 4. The van der Waals surface area contributed by atoms with E-state index in [-0.39, 0.29) is 59.0 Å². The molecule has 1 amide bonds. The average molecular weight is 801 g/mol. The summed E-state index contributed by atoms with van der Waals surface area (Å²) in [6.45, 7) is 0.947. The quantitative estimate of drug-likeness (QED) is 0.159. The number of hydrogen-bond donors (Lipinski definition) is 1. The van der Waals surface area contributed by atoms with Gasteiger partial charge in [-0.15, -0.1) is 11.3 Å². The maximum absolute atomic E-state index is 14.0. The van der Waals surface area contributed by atoms with E-state index in [1.54, 1.807) is 47.9 Å². The third-order valence-corrected chi connectivity index (χ3v) is 11.0. The molecule has 1 fully saturated rings. The number of amides is 1. The van der Waals surface area contributed by atoms with Crippen LogP contribution in [0.15, 0.2) is 46.8 Å². The van der Waals surface area contributed by atoms with E-state index in [4.69, 9.17) is 11.6 Å². The van der Waals surface area contributed by atoms with Crippen molar-refractivity contribution < 1.29 is 30.8 Å². The summed E-state index contributed by atoms with van der Waals surface area (Å²) in [5, 5.41) is 12.1. The van der Waals surface area contributed by atoms with Crippen molar-refractivity contribution in [3.63, 3.8) is 0 Å². The molecule has 0 saturated carbocycles. The Labute approximate surface area is 315 Å². The molecule has 54 heavy (non-hydrogen) atoms. The van der Waals surface area contributed by atoms with Gasteiger partial charge in [0.1, 0.15) is 23.3 Å². The molecule has 1 aromatic carbocycles. The lowest BCUT2D eigenvalue weighted by atomic mass is 10.00. The van der Waals surface area contributed by atoms with Crippen LogP contribution < -0.4 is 15.2 Å². The fraction of sp³-hybridized carbons (Fsp3) is 0.314. The highest BCUT2D eigenvalue weighted by Crippen LogP contribution is 2.37. The van der Waals surface area contributed by atoms with E-state index in [9.17, 15) is 40.8 Å². The van der Waals surface area contributed by atoms with Crippen molar-refractivity contribution in [2.45, 2.75) is 38.5 Å². The fourth-order valence-electron chi connectivity index (χ4n) is 6.35. The highest BCUT2D eigenvalue weighted by molar-refractivity contribution is 7.89. The van der Waals surface area contributed by atoms with Crippen molar-refractivity contribution in [2.24, 2.45) is 0 Å². The van der Waals surface area contributed by atoms with Gasteiger partial charge in [0.15, 0.2) is 0 Å². The van der Waals surface area contributed by atoms with E-state index in [1.165, 1.54) is 27.2 Å². The fourth-order valence-corrected chi connectivity index (χ4v) is 8.00. The first kappa shape index (κ1) is 38.6. The smallest absolute Gasteiger partial charge is 0.355 e. The van der Waals surface area contributed by atoms with Crippen LogP contribution in [-0.4, -0.2) is 83.7 Å². The van der Waals surface area contributed by atoms with Crippen molar-refractivity contribution in [3.8, 4) is 29.0 Å². The van der Waals surface area contributed by atoms with Crippen LogP contribution in [0.25, 0.3) is 32.2 Å². The van der Waals surface area contributed by atoms with Gasteiger partial charge in [-0.05, 0) is 44.0 Å². The Kier molecular flexibility index (Phi) is 10.9. The number of piperidine rings is 1. The van der Waals surface area contributed by atoms with E-state index >= 15 is 0 Å². The first-order valence-corrected chi connectivity index (χ1v) is 19.1. The molecule has 0 spiro atoms. The zero-order valence-corrected chi connectivity index (χ0v) is 30.9. The predicted octanol–water partition coefficient (Wildman–Crippen LogP) is 5.40. The number of nitrogens with one attached hydrogen (secondary N) is 1. The molecule has 280 valence electrons. The maximum Gasteiger partial charge on any atom is 0.401 e. The number of carbonyl (C=O) groups is 1. The number of hydrogen-bond acceptors (Lipinski definition) is 11. The molecule has 1 aliphatic heterocycles. The zero-order chi connectivity index (χ0) is 38.9. The number of fused-ring (bicyclic) bond motifs is 2. The van der Waals surface area contributed by atoms with Gasteiger partial charge in [-0.2, -0.15) is 18.4 Å². The van der Waals surface area contributed by atoms with Gasteiger partial charge in [-0.1, -0.05) is 23.4 Å². The summed E-state index contributed by atoms with van der Waals surface area (Å²) in [6, 6.07) is 6.76. The molecule has 1 aliphatic rings. The molecular formula is C35H29ClF4N8O4S2. The number of sulfonamides is 1. The van der Waals surface area contributed by atoms with Gasteiger partial charge in [-0.3, -0.25) is 24.0 Å². The second kappa shape index (κ2) is 15.3. The second-order valence-corrected chi connectivity index (χ2v) is 15.4. The van der Waals surface area contributed by atoms with Crippen molar-refractivity contribution >= 4 is 65.8 Å². The number of rotatable bonds is 8. The maximum atomic E-state index is 14.0. The highest BCUT2D eigenvalue weighted by Gasteiger charge is 2.34. The molecular weight excluding hydrogens is 772 g/mol. The Bertz CT molecular complexity index is 2570. The Morgan fingerprint density at radius 1 is 1.19 bits per heavy atom. The molecule has 0 aliphatic carbocycles. The van der Waals surface area contributed by atoms with E-state index in [0.29, 0.717) is 45.1 Å². The topological polar surface area (TPSA) is 154 Å². The Hall–Kier alpha value is -5.14. The first-order valence-electron chi connectivity index (χ1n) is 16.2. The number of nitriles is 1. The van der Waals surface area contributed by atoms with Crippen LogP contribution in [0.2, 0.25) is 5.02 Å². The van der Waals surface area contributed by atoms with Crippen LogP contribution in [0, 0.1) is 30.1 Å². The van der Waals surface area contributed by atoms with Gasteiger partial charge < -0.3 is 4.90 Å². The van der Waals surface area contributed by atoms with Crippen LogP contribution in [0.5, 0.6) is 0 Å². The number of carbonyl (C=O) groups excluding carboxylic acids is 1. The molecule has 0 unspecified atom stereocenters. The number of pyridine rings is 2. The van der Waals surface area contributed by atoms with Crippen LogP contribution >= 0.6 is 22.9 Å². The molecule has 4 aromatic heterocycles. The summed E-state index contributed by atoms with van der Waals surface area (Å²) in [6.07, 6.45) is -0.643. The number of thiophene rings is 1. The number of benzene rings is 1. The Morgan fingerprint density at radius 2 is 1.93 bits per heavy atom. The number of nitrogens with zero attached hydrogens (tertiary/aromatic N) is 7. The van der Waals surface area contributed by atoms with Crippen LogP contribution in [0.3, 0.4) is 0 Å². The van der Waals surface area contributed by atoms with Crippen LogP contribution in [0.4, 0.5) is 23.4 Å². The molecule has 0 radical (unpaired) electrons. The van der Waals surface area contributed by atoms with Crippen molar-refractivity contribution in [1.82, 2.24) is 29.1 Å². The molecule has 12 nitrogen and oxygen atoms in total. The number of halogens is 5. The lowest BCUT2D eigenvalue weighted by Crippen LogP contribution is -2.46. The molecule has 19 heteroatoms. The van der Waals surface area contributed by atoms with Gasteiger partial charge in [0, 0.05) is 59.5 Å². The van der Waals surface area contributed by atoms with E-state index in [0.717, 1.165) is 11.3 Å². The lowest BCUT2D eigenvalue weighted by molar-refractivity contribution is -0.147. The second-order valence-electron chi connectivity index (χ2n) is 12.4. The van der Waals surface area contributed by atoms with Gasteiger partial charge in [0.05, 0.1) is 46.0 Å². The SMILES string of the molecule is Cc1nc2cnc(N(C)C3CCN(CC(F)(F)F)CC3)c(C#N)c2c(=O)n1CC#Cc1ccc(Cl)cc1-c1ccnc2c(C(=O)NS(=O)(=O)CF)csc12. The minimum Gasteiger partial charge on any atom is -0.355 e. The average Bonchev–Trinajstić information content (AvgIpc) is 3.57. The minimum atomic E-state index is -4.47. The molecule has 0 atom stereocenters. The molecule has 6 rings (SSSR count). The van der Waals surface area contributed by atoms with E-state index in [2.05, 4.69) is 32.9 Å². The van der Waals surface area contributed by atoms with E-state index < -0.39 is 40.2 Å². The van der Waals surface area contributed by atoms with Gasteiger partial charge in [0.2, 0.25) is 6.01 Å². The standard InChI is InChI=1S/C35H29ClF4N8O4S2/c1-20-44-28-16-43-32(46(2)23-8-12-47(13-9-23)18-35(38,39)40)26(15-41)29(28)34(50)48(20)11-3-4-21-5-6-22(36)14-25(21)24-7-10-42-30-27(17-53-31(24)30)33(49)45-54(51,52)19-37/h5-7,10,14,16-17,23H,8-9,11-13,18-19H2,1-2H3,(H,45,49). The summed E-state index contributed by atoms with van der Waals surface area (Å²) < 4.78 is 78.4. The number of aryl methyl sites for hydroxylation is 1. The van der Waals surface area contributed by atoms with Crippen LogP contribution in [-0.2, 0) is 16.6 Å². The summed E-state index contributed by atoms with van der Waals surface area (Å²) >= 11 is 7.49. The monoisotopic (exact) mass is 800 g/mol. The highest BCUT2D eigenvalue weighted by atomic mass is 35.5. The summed E-state index contributed by atoms with van der Waals surface area (Å²) in [5.41, 5.74) is 1.46. The molecule has 1 saturated heterocycles.